The predicted octanol–water partition coefficient (Wildman–Crippen LogP) is 1.88. The molecule has 3 rings (SSSR count). The molecule has 0 radical (unpaired) electrons. The van der Waals surface area contributed by atoms with Crippen molar-refractivity contribution in [3.05, 3.63) is 28.7 Å². The van der Waals surface area contributed by atoms with Gasteiger partial charge in [0.25, 0.3) is 0 Å². The SMILES string of the molecule is CC(C)C(NCc1nccs1)c1nc(N)c2[nH]cnc2n1. The van der Waals surface area contributed by atoms with Crippen molar-refractivity contribution < 1.29 is 0 Å². The van der Waals surface area contributed by atoms with Gasteiger partial charge in [0.1, 0.15) is 10.5 Å². The van der Waals surface area contributed by atoms with Gasteiger partial charge >= 0.3 is 0 Å². The smallest absolute Gasteiger partial charge is 0.183 e. The summed E-state index contributed by atoms with van der Waals surface area (Å²) in [5.74, 6) is 1.41. The number of nitrogens with zero attached hydrogens (tertiary/aromatic N) is 4. The molecule has 0 fully saturated rings. The van der Waals surface area contributed by atoms with Crippen LogP contribution in [0.1, 0.15) is 30.7 Å². The minimum Gasteiger partial charge on any atom is -0.382 e. The van der Waals surface area contributed by atoms with Crippen LogP contribution < -0.4 is 11.1 Å². The number of nitrogens with one attached hydrogen (secondary N) is 2. The number of H-pyrrole nitrogens is 1. The fourth-order valence-electron chi connectivity index (χ4n) is 2.17. The van der Waals surface area contributed by atoms with Gasteiger partial charge in [-0.15, -0.1) is 11.3 Å². The maximum absolute atomic E-state index is 5.97. The number of aromatic nitrogens is 5. The van der Waals surface area contributed by atoms with Gasteiger partial charge in [-0.05, 0) is 5.92 Å². The lowest BCUT2D eigenvalue weighted by Crippen LogP contribution is -2.27. The van der Waals surface area contributed by atoms with Crippen LogP contribution in [0.3, 0.4) is 0 Å². The van der Waals surface area contributed by atoms with Crippen LogP contribution in [0.15, 0.2) is 17.9 Å². The summed E-state index contributed by atoms with van der Waals surface area (Å²) >= 11 is 1.62. The van der Waals surface area contributed by atoms with Crippen LogP contribution in [-0.4, -0.2) is 24.9 Å². The molecule has 0 aliphatic rings. The Morgan fingerprint density at radius 3 is 2.90 bits per heavy atom. The number of aromatic amines is 1. The number of hydrogen-bond acceptors (Lipinski definition) is 7. The Morgan fingerprint density at radius 2 is 2.19 bits per heavy atom. The van der Waals surface area contributed by atoms with Crippen LogP contribution in [0.4, 0.5) is 5.82 Å². The van der Waals surface area contributed by atoms with Crippen molar-refractivity contribution in [3.8, 4) is 0 Å². The van der Waals surface area contributed by atoms with Gasteiger partial charge in [0.15, 0.2) is 17.3 Å². The molecule has 4 N–H and O–H groups in total. The third-order valence-corrected chi connectivity index (χ3v) is 4.01. The minimum atomic E-state index is -0.00250. The van der Waals surface area contributed by atoms with Gasteiger partial charge in [-0.25, -0.2) is 19.9 Å². The average Bonchev–Trinajstić information content (AvgIpc) is 3.09. The summed E-state index contributed by atoms with van der Waals surface area (Å²) in [6.45, 7) is 4.92. The second-order valence-electron chi connectivity index (χ2n) is 5.10. The van der Waals surface area contributed by atoms with E-state index < -0.39 is 0 Å². The van der Waals surface area contributed by atoms with Crippen molar-refractivity contribution in [2.75, 3.05) is 5.73 Å². The van der Waals surface area contributed by atoms with E-state index in [1.54, 1.807) is 23.9 Å². The van der Waals surface area contributed by atoms with E-state index in [9.17, 15) is 0 Å². The van der Waals surface area contributed by atoms with Gasteiger partial charge in [-0.1, -0.05) is 13.8 Å². The van der Waals surface area contributed by atoms with E-state index in [-0.39, 0.29) is 6.04 Å². The Labute approximate surface area is 126 Å². The van der Waals surface area contributed by atoms with E-state index >= 15 is 0 Å². The first-order valence-electron chi connectivity index (χ1n) is 6.73. The zero-order valence-electron chi connectivity index (χ0n) is 11.9. The summed E-state index contributed by atoms with van der Waals surface area (Å²) in [5, 5.41) is 6.45. The lowest BCUT2D eigenvalue weighted by atomic mass is 10.0. The third kappa shape index (κ3) is 2.86. The molecule has 0 aromatic carbocycles. The van der Waals surface area contributed by atoms with Gasteiger partial charge in [0, 0.05) is 18.1 Å². The fraction of sp³-hybridized carbons (Fsp3) is 0.385. The Hall–Kier alpha value is -2.06. The second kappa shape index (κ2) is 5.74. The van der Waals surface area contributed by atoms with Crippen molar-refractivity contribution in [3.63, 3.8) is 0 Å². The molecule has 0 saturated carbocycles. The van der Waals surface area contributed by atoms with E-state index in [1.807, 2.05) is 5.38 Å². The van der Waals surface area contributed by atoms with Crippen LogP contribution in [0, 0.1) is 5.92 Å². The first kappa shape index (κ1) is 13.9. The lowest BCUT2D eigenvalue weighted by molar-refractivity contribution is 0.393. The minimum absolute atomic E-state index is 0.00250. The van der Waals surface area contributed by atoms with Crippen LogP contribution in [0.5, 0.6) is 0 Å². The van der Waals surface area contributed by atoms with Crippen LogP contribution in [0.2, 0.25) is 0 Å². The standard InChI is InChI=1S/C13H17N7S/c1-7(2)9(16-5-8-15-3-4-21-8)13-19-11(14)10-12(20-13)18-6-17-10/h3-4,6-7,9,16H,5H2,1-2H3,(H3,14,17,18,19,20). The first-order valence-corrected chi connectivity index (χ1v) is 7.61. The Balaban J connectivity index is 1.87. The molecule has 0 amide bonds. The van der Waals surface area contributed by atoms with E-state index in [2.05, 4.69) is 44.1 Å². The number of nitrogen functional groups attached to an aromatic ring is 1. The lowest BCUT2D eigenvalue weighted by Gasteiger charge is -2.20. The molecule has 0 aliphatic carbocycles. The number of rotatable bonds is 5. The summed E-state index contributed by atoms with van der Waals surface area (Å²) in [6, 6.07) is -0.00250. The number of hydrogen-bond donors (Lipinski definition) is 3. The molecule has 3 heterocycles. The van der Waals surface area contributed by atoms with E-state index in [4.69, 9.17) is 5.73 Å². The van der Waals surface area contributed by atoms with Crippen molar-refractivity contribution in [1.29, 1.82) is 0 Å². The largest absolute Gasteiger partial charge is 0.382 e. The number of nitrogens with two attached hydrogens (primary N) is 1. The third-order valence-electron chi connectivity index (χ3n) is 3.23. The van der Waals surface area contributed by atoms with Gasteiger partial charge in [-0.2, -0.15) is 0 Å². The normalized spacial score (nSPS) is 13.1. The molecular weight excluding hydrogens is 286 g/mol. The van der Waals surface area contributed by atoms with Gasteiger partial charge in [0.05, 0.1) is 12.4 Å². The molecule has 3 aromatic heterocycles. The predicted molar refractivity (Wildman–Crippen MR) is 82.6 cm³/mol. The Kier molecular flexibility index (Phi) is 3.80. The molecule has 0 saturated heterocycles. The fourth-order valence-corrected chi connectivity index (χ4v) is 2.74. The molecule has 0 aliphatic heterocycles. The van der Waals surface area contributed by atoms with Crippen molar-refractivity contribution in [2.45, 2.75) is 26.4 Å². The summed E-state index contributed by atoms with van der Waals surface area (Å²) in [5.41, 5.74) is 7.25. The topological polar surface area (TPSA) is 105 Å². The summed E-state index contributed by atoms with van der Waals surface area (Å²) < 4.78 is 0. The monoisotopic (exact) mass is 303 g/mol. The van der Waals surface area contributed by atoms with Gasteiger partial charge in [0.2, 0.25) is 0 Å². The maximum atomic E-state index is 5.97. The molecule has 1 atom stereocenters. The highest BCUT2D eigenvalue weighted by Gasteiger charge is 2.20. The van der Waals surface area contributed by atoms with E-state index in [0.29, 0.717) is 35.3 Å². The molecule has 0 bridgehead atoms. The summed E-state index contributed by atoms with van der Waals surface area (Å²) in [7, 11) is 0. The van der Waals surface area contributed by atoms with E-state index in [1.165, 1.54) is 0 Å². The van der Waals surface area contributed by atoms with Crippen molar-refractivity contribution in [1.82, 2.24) is 30.2 Å². The average molecular weight is 303 g/mol. The molecular formula is C13H17N7S. The number of fused-ring (bicyclic) bond motifs is 1. The number of imidazole rings is 1. The Bertz CT molecular complexity index is 719. The molecule has 21 heavy (non-hydrogen) atoms. The Morgan fingerprint density at radius 1 is 1.33 bits per heavy atom. The highest BCUT2D eigenvalue weighted by molar-refractivity contribution is 7.09. The molecule has 110 valence electrons. The molecule has 8 heteroatoms. The van der Waals surface area contributed by atoms with Crippen molar-refractivity contribution >= 4 is 28.3 Å². The van der Waals surface area contributed by atoms with Crippen LogP contribution >= 0.6 is 11.3 Å². The maximum Gasteiger partial charge on any atom is 0.183 e. The quantitative estimate of drug-likeness (QED) is 0.664. The molecule has 1 unspecified atom stereocenters. The zero-order chi connectivity index (χ0) is 14.8. The summed E-state index contributed by atoms with van der Waals surface area (Å²) in [4.78, 5) is 20.3. The number of anilines is 1. The molecule has 7 nitrogen and oxygen atoms in total. The van der Waals surface area contributed by atoms with E-state index in [0.717, 1.165) is 5.01 Å². The van der Waals surface area contributed by atoms with Crippen LogP contribution in [-0.2, 0) is 6.54 Å². The van der Waals surface area contributed by atoms with Crippen molar-refractivity contribution in [2.24, 2.45) is 5.92 Å². The number of thiazole rings is 1. The highest BCUT2D eigenvalue weighted by atomic mass is 32.1. The zero-order valence-corrected chi connectivity index (χ0v) is 12.7. The van der Waals surface area contributed by atoms with Gasteiger partial charge < -0.3 is 16.0 Å². The van der Waals surface area contributed by atoms with Crippen LogP contribution in [0.25, 0.3) is 11.2 Å². The first-order chi connectivity index (χ1) is 10.1. The summed E-state index contributed by atoms with van der Waals surface area (Å²) in [6.07, 6.45) is 3.38. The highest BCUT2D eigenvalue weighted by Crippen LogP contribution is 2.23. The molecule has 3 aromatic rings. The second-order valence-corrected chi connectivity index (χ2v) is 6.08. The molecule has 0 spiro atoms. The van der Waals surface area contributed by atoms with Gasteiger partial charge in [-0.3, -0.25) is 0 Å².